The van der Waals surface area contributed by atoms with Crippen molar-refractivity contribution in [2.24, 2.45) is 5.73 Å². The molecule has 0 amide bonds. The monoisotopic (exact) mass is 245 g/mol. The van der Waals surface area contributed by atoms with Crippen LogP contribution in [-0.2, 0) is 6.42 Å². The smallest absolute Gasteiger partial charge is 0.267 e. The zero-order chi connectivity index (χ0) is 12.8. The molecule has 1 aromatic carbocycles. The lowest BCUT2D eigenvalue weighted by molar-refractivity contribution is 0.147. The van der Waals surface area contributed by atoms with Gasteiger partial charge in [-0.3, -0.25) is 0 Å². The molecule has 0 saturated heterocycles. The summed E-state index contributed by atoms with van der Waals surface area (Å²) in [5.41, 5.74) is 6.03. The van der Waals surface area contributed by atoms with Crippen molar-refractivity contribution in [1.82, 2.24) is 0 Å². The Bertz CT molecular complexity index is 370. The van der Waals surface area contributed by atoms with Gasteiger partial charge >= 0.3 is 0 Å². The molecule has 0 radical (unpaired) electrons. The van der Waals surface area contributed by atoms with Crippen LogP contribution in [0.4, 0.5) is 8.78 Å². The number of ether oxygens (including phenoxy) is 2. The minimum absolute atomic E-state index is 0.111. The van der Waals surface area contributed by atoms with Crippen molar-refractivity contribution in [2.75, 3.05) is 20.8 Å². The Balaban J connectivity index is 3.14. The average Bonchev–Trinajstić information content (AvgIpc) is 2.34. The van der Waals surface area contributed by atoms with E-state index in [9.17, 15) is 8.78 Å². The summed E-state index contributed by atoms with van der Waals surface area (Å²) in [6.45, 7) is 0.513. The molecule has 17 heavy (non-hydrogen) atoms. The van der Waals surface area contributed by atoms with Gasteiger partial charge in [-0.05, 0) is 31.0 Å². The number of rotatable bonds is 6. The van der Waals surface area contributed by atoms with Crippen LogP contribution >= 0.6 is 0 Å². The second-order valence-corrected chi connectivity index (χ2v) is 3.60. The summed E-state index contributed by atoms with van der Waals surface area (Å²) in [6, 6.07) is 2.92. The Morgan fingerprint density at radius 1 is 1.18 bits per heavy atom. The second-order valence-electron chi connectivity index (χ2n) is 3.60. The maximum atomic E-state index is 12.8. The maximum Gasteiger partial charge on any atom is 0.267 e. The quantitative estimate of drug-likeness (QED) is 0.837. The molecule has 0 aliphatic heterocycles. The molecular weight excluding hydrogens is 228 g/mol. The summed E-state index contributed by atoms with van der Waals surface area (Å²) in [7, 11) is 2.86. The van der Waals surface area contributed by atoms with Crippen LogP contribution in [0.1, 0.15) is 24.0 Å². The van der Waals surface area contributed by atoms with Crippen LogP contribution in [0.15, 0.2) is 12.1 Å². The van der Waals surface area contributed by atoms with Crippen molar-refractivity contribution in [1.29, 1.82) is 0 Å². The van der Waals surface area contributed by atoms with E-state index < -0.39 is 6.43 Å². The first-order chi connectivity index (χ1) is 8.13. The van der Waals surface area contributed by atoms with Crippen molar-refractivity contribution in [3.8, 4) is 11.5 Å². The van der Waals surface area contributed by atoms with Crippen LogP contribution in [0.25, 0.3) is 0 Å². The fraction of sp³-hybridized carbons (Fsp3) is 0.500. The molecule has 0 aliphatic carbocycles. The highest BCUT2D eigenvalue weighted by atomic mass is 19.3. The van der Waals surface area contributed by atoms with E-state index in [1.165, 1.54) is 26.4 Å². The van der Waals surface area contributed by atoms with Crippen molar-refractivity contribution in [2.45, 2.75) is 19.3 Å². The molecule has 1 aromatic rings. The number of nitrogens with two attached hydrogens (primary N) is 1. The Morgan fingerprint density at radius 3 is 2.29 bits per heavy atom. The van der Waals surface area contributed by atoms with Crippen molar-refractivity contribution in [3.05, 3.63) is 23.3 Å². The molecule has 3 nitrogen and oxygen atoms in total. The van der Waals surface area contributed by atoms with Gasteiger partial charge in [0, 0.05) is 6.07 Å². The van der Waals surface area contributed by atoms with Gasteiger partial charge in [0.2, 0.25) is 0 Å². The molecule has 0 atom stereocenters. The molecular formula is C12H17F2NO2. The zero-order valence-electron chi connectivity index (χ0n) is 10.0. The van der Waals surface area contributed by atoms with E-state index in [0.29, 0.717) is 18.7 Å². The van der Waals surface area contributed by atoms with Gasteiger partial charge in [0.15, 0.2) is 0 Å². The highest BCUT2D eigenvalue weighted by Gasteiger charge is 2.17. The molecule has 0 heterocycles. The van der Waals surface area contributed by atoms with Crippen LogP contribution in [0.2, 0.25) is 0 Å². The molecule has 0 saturated carbocycles. The Hall–Kier alpha value is -1.36. The first kappa shape index (κ1) is 13.7. The SMILES string of the molecule is COc1cc(OC)c(C(F)F)cc1CCCN. The fourth-order valence-electron chi connectivity index (χ4n) is 1.65. The van der Waals surface area contributed by atoms with E-state index in [2.05, 4.69) is 0 Å². The lowest BCUT2D eigenvalue weighted by Gasteiger charge is -2.14. The predicted octanol–water partition coefficient (Wildman–Crippen LogP) is 2.53. The predicted molar refractivity (Wildman–Crippen MR) is 61.9 cm³/mol. The van der Waals surface area contributed by atoms with Crippen LogP contribution in [0, 0.1) is 0 Å². The Kier molecular flexibility index (Phi) is 5.15. The maximum absolute atomic E-state index is 12.8. The Labute approximate surface area is 99.5 Å². The number of hydrogen-bond acceptors (Lipinski definition) is 3. The van der Waals surface area contributed by atoms with Gasteiger partial charge in [0.25, 0.3) is 6.43 Å². The molecule has 1 rings (SSSR count). The first-order valence-corrected chi connectivity index (χ1v) is 5.37. The molecule has 0 unspecified atom stereocenters. The van der Waals surface area contributed by atoms with Crippen molar-refractivity contribution in [3.63, 3.8) is 0 Å². The van der Waals surface area contributed by atoms with Crippen LogP contribution in [0.3, 0.4) is 0 Å². The number of hydrogen-bond donors (Lipinski definition) is 1. The second kappa shape index (κ2) is 6.39. The number of halogens is 2. The topological polar surface area (TPSA) is 44.5 Å². The molecule has 0 bridgehead atoms. The molecule has 0 aliphatic rings. The summed E-state index contributed by atoms with van der Waals surface area (Å²) in [5, 5.41) is 0. The standard InChI is InChI=1S/C12H17F2NO2/c1-16-10-7-11(17-2)9(12(13)14)6-8(10)4-3-5-15/h6-7,12H,3-5,15H2,1-2H3. The average molecular weight is 245 g/mol. The summed E-state index contributed by atoms with van der Waals surface area (Å²) in [4.78, 5) is 0. The summed E-state index contributed by atoms with van der Waals surface area (Å²) in [5.74, 6) is 0.702. The van der Waals surface area contributed by atoms with E-state index >= 15 is 0 Å². The van der Waals surface area contributed by atoms with Crippen LogP contribution in [0.5, 0.6) is 11.5 Å². The van der Waals surface area contributed by atoms with Crippen molar-refractivity contribution >= 4 is 0 Å². The van der Waals surface area contributed by atoms with Crippen LogP contribution < -0.4 is 15.2 Å². The van der Waals surface area contributed by atoms with Gasteiger partial charge in [0.05, 0.1) is 19.8 Å². The molecule has 0 aromatic heterocycles. The first-order valence-electron chi connectivity index (χ1n) is 5.37. The molecule has 96 valence electrons. The number of alkyl halides is 2. The van der Waals surface area contributed by atoms with E-state index in [1.54, 1.807) is 0 Å². The third kappa shape index (κ3) is 3.30. The minimum atomic E-state index is -2.56. The van der Waals surface area contributed by atoms with Gasteiger partial charge in [-0.25, -0.2) is 8.78 Å². The van der Waals surface area contributed by atoms with Crippen LogP contribution in [-0.4, -0.2) is 20.8 Å². The number of benzene rings is 1. The molecule has 5 heteroatoms. The lowest BCUT2D eigenvalue weighted by atomic mass is 10.0. The van der Waals surface area contributed by atoms with Gasteiger partial charge in [-0.1, -0.05) is 0 Å². The lowest BCUT2D eigenvalue weighted by Crippen LogP contribution is -2.03. The van der Waals surface area contributed by atoms with E-state index in [0.717, 1.165) is 12.0 Å². The van der Waals surface area contributed by atoms with E-state index in [4.69, 9.17) is 15.2 Å². The van der Waals surface area contributed by atoms with Gasteiger partial charge in [-0.15, -0.1) is 0 Å². The molecule has 0 fully saturated rings. The largest absolute Gasteiger partial charge is 0.496 e. The molecule has 0 spiro atoms. The fourth-order valence-corrected chi connectivity index (χ4v) is 1.65. The summed E-state index contributed by atoms with van der Waals surface area (Å²) >= 11 is 0. The third-order valence-corrected chi connectivity index (χ3v) is 2.52. The summed E-state index contributed by atoms with van der Waals surface area (Å²) in [6.07, 6.45) is -1.22. The van der Waals surface area contributed by atoms with Gasteiger partial charge in [0.1, 0.15) is 11.5 Å². The highest BCUT2D eigenvalue weighted by molar-refractivity contribution is 5.47. The van der Waals surface area contributed by atoms with Gasteiger partial charge < -0.3 is 15.2 Å². The van der Waals surface area contributed by atoms with Gasteiger partial charge in [-0.2, -0.15) is 0 Å². The van der Waals surface area contributed by atoms with E-state index in [-0.39, 0.29) is 11.3 Å². The van der Waals surface area contributed by atoms with E-state index in [1.807, 2.05) is 0 Å². The number of methoxy groups -OCH3 is 2. The van der Waals surface area contributed by atoms with Crippen molar-refractivity contribution < 1.29 is 18.3 Å². The zero-order valence-corrected chi connectivity index (χ0v) is 10.0. The number of aryl methyl sites for hydroxylation is 1. The molecule has 2 N–H and O–H groups in total. The Morgan fingerprint density at radius 2 is 1.82 bits per heavy atom. The highest BCUT2D eigenvalue weighted by Crippen LogP contribution is 2.35. The summed E-state index contributed by atoms with van der Waals surface area (Å²) < 4.78 is 35.7. The minimum Gasteiger partial charge on any atom is -0.496 e. The normalized spacial score (nSPS) is 10.7. The third-order valence-electron chi connectivity index (χ3n) is 2.52.